The summed E-state index contributed by atoms with van der Waals surface area (Å²) < 4.78 is 7.91. The molecule has 4 nitrogen and oxygen atoms in total. The fraction of sp³-hybridized carbons (Fsp3) is 0.292. The number of hydrogen-bond donors (Lipinski definition) is 1. The number of rotatable bonds is 9. The number of hydrogen-bond acceptors (Lipinski definition) is 2. The van der Waals surface area contributed by atoms with Crippen molar-refractivity contribution in [3.63, 3.8) is 0 Å². The van der Waals surface area contributed by atoms with Gasteiger partial charge in [0, 0.05) is 18.5 Å². The monoisotopic (exact) mass is 376 g/mol. The molecule has 1 aromatic heterocycles. The van der Waals surface area contributed by atoms with Crippen molar-refractivity contribution < 1.29 is 9.53 Å². The molecular formula is C24H28N2O2. The minimum atomic E-state index is -0.0482. The van der Waals surface area contributed by atoms with Crippen molar-refractivity contribution >= 4 is 16.8 Å². The average Bonchev–Trinajstić information content (AvgIpc) is 3.07. The van der Waals surface area contributed by atoms with E-state index < -0.39 is 0 Å². The number of nitrogens with one attached hydrogen (secondary N) is 1. The van der Waals surface area contributed by atoms with Crippen LogP contribution in [0.25, 0.3) is 10.9 Å². The molecule has 0 aliphatic rings. The molecule has 0 bridgehead atoms. The second-order valence-corrected chi connectivity index (χ2v) is 6.94. The Hall–Kier alpha value is -3.01. The van der Waals surface area contributed by atoms with Gasteiger partial charge in [0.2, 0.25) is 0 Å². The molecule has 146 valence electrons. The summed E-state index contributed by atoms with van der Waals surface area (Å²) in [4.78, 5) is 12.9. The van der Waals surface area contributed by atoms with Crippen LogP contribution in [-0.2, 0) is 6.54 Å². The summed E-state index contributed by atoms with van der Waals surface area (Å²) in [6.45, 7) is 9.68. The van der Waals surface area contributed by atoms with Crippen LogP contribution in [0.2, 0.25) is 0 Å². The zero-order chi connectivity index (χ0) is 19.9. The third-order valence-corrected chi connectivity index (χ3v) is 4.90. The Morgan fingerprint density at radius 1 is 1.21 bits per heavy atom. The molecule has 3 aromatic rings. The normalized spacial score (nSPS) is 10.8. The molecule has 0 fully saturated rings. The maximum atomic E-state index is 12.9. The summed E-state index contributed by atoms with van der Waals surface area (Å²) in [6.07, 6.45) is 3.74. The van der Waals surface area contributed by atoms with Crippen molar-refractivity contribution in [1.29, 1.82) is 0 Å². The molecule has 0 aliphatic carbocycles. The number of amides is 1. The van der Waals surface area contributed by atoms with E-state index >= 15 is 0 Å². The van der Waals surface area contributed by atoms with Crippen molar-refractivity contribution in [3.05, 3.63) is 78.0 Å². The highest BCUT2D eigenvalue weighted by atomic mass is 16.5. The van der Waals surface area contributed by atoms with Gasteiger partial charge in [-0.2, -0.15) is 0 Å². The van der Waals surface area contributed by atoms with Crippen molar-refractivity contribution in [1.82, 2.24) is 9.88 Å². The van der Waals surface area contributed by atoms with E-state index in [1.807, 2.05) is 36.4 Å². The van der Waals surface area contributed by atoms with Gasteiger partial charge in [0.15, 0.2) is 0 Å². The molecule has 0 unspecified atom stereocenters. The van der Waals surface area contributed by atoms with E-state index in [1.54, 1.807) is 6.08 Å². The Morgan fingerprint density at radius 3 is 2.79 bits per heavy atom. The van der Waals surface area contributed by atoms with Crippen molar-refractivity contribution in [3.8, 4) is 5.75 Å². The topological polar surface area (TPSA) is 43.3 Å². The lowest BCUT2D eigenvalue weighted by atomic mass is 10.1. The maximum absolute atomic E-state index is 12.9. The second-order valence-electron chi connectivity index (χ2n) is 6.94. The first kappa shape index (κ1) is 19.7. The highest BCUT2D eigenvalue weighted by molar-refractivity contribution is 6.00. The summed E-state index contributed by atoms with van der Waals surface area (Å²) in [5, 5.41) is 3.99. The number of fused-ring (bicyclic) bond motifs is 1. The van der Waals surface area contributed by atoms with Crippen LogP contribution in [-0.4, -0.2) is 23.6 Å². The molecule has 0 saturated carbocycles. The number of ether oxygens (including phenoxy) is 1. The van der Waals surface area contributed by atoms with Gasteiger partial charge in [-0.15, -0.1) is 0 Å². The molecule has 4 heteroatoms. The molecule has 2 aromatic carbocycles. The van der Waals surface area contributed by atoms with Crippen LogP contribution >= 0.6 is 0 Å². The van der Waals surface area contributed by atoms with Gasteiger partial charge >= 0.3 is 0 Å². The van der Waals surface area contributed by atoms with E-state index in [0.717, 1.165) is 29.5 Å². The highest BCUT2D eigenvalue weighted by Crippen LogP contribution is 2.30. The van der Waals surface area contributed by atoms with Gasteiger partial charge in [-0.1, -0.05) is 56.3 Å². The molecule has 0 spiro atoms. The minimum Gasteiger partial charge on any atom is -0.489 e. The molecule has 1 heterocycles. The summed E-state index contributed by atoms with van der Waals surface area (Å²) in [7, 11) is 0. The van der Waals surface area contributed by atoms with E-state index in [1.165, 1.54) is 11.1 Å². The SMILES string of the molecule is C=CCOc1cccc2c1cc(C(=O)NCCCC)n2Cc1ccccc1C. The van der Waals surface area contributed by atoms with Crippen LogP contribution in [0.5, 0.6) is 5.75 Å². The fourth-order valence-corrected chi connectivity index (χ4v) is 3.32. The van der Waals surface area contributed by atoms with E-state index in [9.17, 15) is 4.79 Å². The highest BCUT2D eigenvalue weighted by Gasteiger charge is 2.18. The predicted molar refractivity (Wildman–Crippen MR) is 115 cm³/mol. The number of aryl methyl sites for hydroxylation is 1. The zero-order valence-electron chi connectivity index (χ0n) is 16.7. The van der Waals surface area contributed by atoms with Gasteiger partial charge in [0.25, 0.3) is 5.91 Å². The molecule has 0 saturated heterocycles. The maximum Gasteiger partial charge on any atom is 0.267 e. The third kappa shape index (κ3) is 4.28. The first-order chi connectivity index (χ1) is 13.7. The molecular weight excluding hydrogens is 348 g/mol. The summed E-state index contributed by atoms with van der Waals surface area (Å²) in [5.74, 6) is 0.719. The lowest BCUT2D eigenvalue weighted by molar-refractivity contribution is 0.0945. The van der Waals surface area contributed by atoms with Gasteiger partial charge in [-0.3, -0.25) is 4.79 Å². The summed E-state index contributed by atoms with van der Waals surface area (Å²) in [6, 6.07) is 16.2. The molecule has 0 aliphatic heterocycles. The van der Waals surface area contributed by atoms with Gasteiger partial charge in [-0.25, -0.2) is 0 Å². The first-order valence-electron chi connectivity index (χ1n) is 9.84. The van der Waals surface area contributed by atoms with Crippen LogP contribution in [0.15, 0.2) is 61.2 Å². The summed E-state index contributed by atoms with van der Waals surface area (Å²) in [5.41, 5.74) is 4.05. The van der Waals surface area contributed by atoms with Crippen LogP contribution in [0.1, 0.15) is 41.4 Å². The van der Waals surface area contributed by atoms with Crippen LogP contribution in [0, 0.1) is 6.92 Å². The first-order valence-corrected chi connectivity index (χ1v) is 9.84. The minimum absolute atomic E-state index is 0.0482. The standard InChI is InChI=1S/C24H28N2O2/c1-4-6-14-25-24(27)22-16-20-21(12-9-13-23(20)28-15-5-2)26(22)17-19-11-8-7-10-18(19)3/h5,7-13,16H,2,4,6,14-15,17H2,1,3H3,(H,25,27). The summed E-state index contributed by atoms with van der Waals surface area (Å²) >= 11 is 0. The molecule has 0 atom stereocenters. The van der Waals surface area contributed by atoms with Crippen molar-refractivity contribution in [2.45, 2.75) is 33.2 Å². The van der Waals surface area contributed by atoms with Gasteiger partial charge < -0.3 is 14.6 Å². The van der Waals surface area contributed by atoms with E-state index in [-0.39, 0.29) is 5.91 Å². The Morgan fingerprint density at radius 2 is 2.04 bits per heavy atom. The molecule has 28 heavy (non-hydrogen) atoms. The van der Waals surface area contributed by atoms with E-state index in [0.29, 0.717) is 25.4 Å². The Kier molecular flexibility index (Phi) is 6.53. The lowest BCUT2D eigenvalue weighted by Gasteiger charge is -2.13. The third-order valence-electron chi connectivity index (χ3n) is 4.90. The number of aromatic nitrogens is 1. The Balaban J connectivity index is 2.06. The predicted octanol–water partition coefficient (Wildman–Crippen LogP) is 5.09. The number of carbonyl (C=O) groups excluding carboxylic acids is 1. The van der Waals surface area contributed by atoms with Crippen LogP contribution in [0.4, 0.5) is 0 Å². The molecule has 1 N–H and O–H groups in total. The van der Waals surface area contributed by atoms with E-state index in [2.05, 4.69) is 42.4 Å². The zero-order valence-corrected chi connectivity index (χ0v) is 16.7. The largest absolute Gasteiger partial charge is 0.489 e. The smallest absolute Gasteiger partial charge is 0.267 e. The molecule has 0 radical (unpaired) electrons. The van der Waals surface area contributed by atoms with Gasteiger partial charge in [0.05, 0.1) is 5.52 Å². The van der Waals surface area contributed by atoms with E-state index in [4.69, 9.17) is 4.74 Å². The number of carbonyl (C=O) groups is 1. The quantitative estimate of drug-likeness (QED) is 0.417. The average molecular weight is 377 g/mol. The van der Waals surface area contributed by atoms with Gasteiger partial charge in [0.1, 0.15) is 18.1 Å². The Bertz CT molecular complexity index is 972. The number of nitrogens with zero attached hydrogens (tertiary/aromatic N) is 1. The molecule has 3 rings (SSSR count). The van der Waals surface area contributed by atoms with Gasteiger partial charge in [-0.05, 0) is 42.7 Å². The van der Waals surface area contributed by atoms with Crippen LogP contribution < -0.4 is 10.1 Å². The van der Waals surface area contributed by atoms with Crippen molar-refractivity contribution in [2.24, 2.45) is 0 Å². The van der Waals surface area contributed by atoms with Crippen molar-refractivity contribution in [2.75, 3.05) is 13.2 Å². The number of benzene rings is 2. The molecule has 1 amide bonds. The van der Waals surface area contributed by atoms with Crippen LogP contribution in [0.3, 0.4) is 0 Å². The lowest BCUT2D eigenvalue weighted by Crippen LogP contribution is -2.27. The fourth-order valence-electron chi connectivity index (χ4n) is 3.32. The Labute approximate surface area is 166 Å². The second kappa shape index (κ2) is 9.27. The number of unbranched alkanes of at least 4 members (excludes halogenated alkanes) is 1.